The third-order valence-corrected chi connectivity index (χ3v) is 5.73. The highest BCUT2D eigenvalue weighted by molar-refractivity contribution is 5.85. The van der Waals surface area contributed by atoms with E-state index in [-0.39, 0.29) is 11.4 Å². The van der Waals surface area contributed by atoms with E-state index in [1.54, 1.807) is 7.11 Å². The average Bonchev–Trinajstić information content (AvgIpc) is 2.81. The van der Waals surface area contributed by atoms with E-state index in [9.17, 15) is 10.1 Å². The van der Waals surface area contributed by atoms with E-state index in [4.69, 9.17) is 9.47 Å². The van der Waals surface area contributed by atoms with Gasteiger partial charge in [-0.2, -0.15) is 5.26 Å². The standard InChI is InChI=1S/C27H27N3O3/c1-27(2,3)25-21(15-28)24(29-26(31)30-25)18-12-13-22(23(14-18)32-4)33-16-19-10-7-9-17-8-5-6-11-20(17)19/h5-14,24H,16H2,1-4H3,(H2,29,30,31)/t24-/m0/s1. The molecule has 4 rings (SSSR count). The van der Waals surface area contributed by atoms with Crippen LogP contribution in [0.3, 0.4) is 0 Å². The molecule has 0 saturated heterocycles. The summed E-state index contributed by atoms with van der Waals surface area (Å²) in [5, 5.41) is 17.8. The SMILES string of the molecule is COc1cc([C@@H]2NC(=O)NC(C(C)(C)C)=C2C#N)ccc1OCc1cccc2ccccc12. The number of nitrogens with zero attached hydrogens (tertiary/aromatic N) is 1. The minimum Gasteiger partial charge on any atom is -0.493 e. The van der Waals surface area contributed by atoms with E-state index in [0.717, 1.165) is 21.9 Å². The molecule has 0 bridgehead atoms. The predicted molar refractivity (Wildman–Crippen MR) is 128 cm³/mol. The molecular formula is C27H27N3O3. The van der Waals surface area contributed by atoms with E-state index < -0.39 is 6.04 Å². The maximum atomic E-state index is 12.3. The molecule has 3 aromatic carbocycles. The zero-order chi connectivity index (χ0) is 23.6. The Morgan fingerprint density at radius 3 is 2.52 bits per heavy atom. The summed E-state index contributed by atoms with van der Waals surface area (Å²) < 4.78 is 11.7. The molecule has 2 amide bonds. The van der Waals surface area contributed by atoms with Crippen LogP contribution in [0.15, 0.2) is 71.9 Å². The number of hydrogen-bond donors (Lipinski definition) is 2. The van der Waals surface area contributed by atoms with Crippen molar-refractivity contribution >= 4 is 16.8 Å². The highest BCUT2D eigenvalue weighted by atomic mass is 16.5. The second-order valence-electron chi connectivity index (χ2n) is 9.02. The van der Waals surface area contributed by atoms with Crippen molar-refractivity contribution in [3.8, 4) is 17.6 Å². The zero-order valence-corrected chi connectivity index (χ0v) is 19.2. The van der Waals surface area contributed by atoms with Crippen molar-refractivity contribution in [1.82, 2.24) is 10.6 Å². The Bertz CT molecular complexity index is 1280. The highest BCUT2D eigenvalue weighted by Crippen LogP contribution is 2.37. The van der Waals surface area contributed by atoms with Crippen molar-refractivity contribution in [2.75, 3.05) is 7.11 Å². The summed E-state index contributed by atoms with van der Waals surface area (Å²) >= 11 is 0. The van der Waals surface area contributed by atoms with Crippen molar-refractivity contribution in [3.05, 3.63) is 83.1 Å². The van der Waals surface area contributed by atoms with E-state index >= 15 is 0 Å². The van der Waals surface area contributed by atoms with Crippen LogP contribution in [0.25, 0.3) is 10.8 Å². The lowest BCUT2D eigenvalue weighted by Crippen LogP contribution is -2.46. The first-order chi connectivity index (χ1) is 15.8. The van der Waals surface area contributed by atoms with Crippen molar-refractivity contribution in [3.63, 3.8) is 0 Å². The number of hydrogen-bond acceptors (Lipinski definition) is 4. The fraction of sp³-hybridized carbons (Fsp3) is 0.259. The lowest BCUT2D eigenvalue weighted by Gasteiger charge is -2.33. The quantitative estimate of drug-likeness (QED) is 0.539. The number of rotatable bonds is 5. The number of fused-ring (bicyclic) bond motifs is 1. The first kappa shape index (κ1) is 22.2. The van der Waals surface area contributed by atoms with Crippen LogP contribution >= 0.6 is 0 Å². The highest BCUT2D eigenvalue weighted by Gasteiger charge is 2.34. The Kier molecular flexibility index (Phi) is 5.97. The third kappa shape index (κ3) is 4.49. The maximum Gasteiger partial charge on any atom is 0.319 e. The van der Waals surface area contributed by atoms with E-state index in [1.165, 1.54) is 0 Å². The number of benzene rings is 3. The average molecular weight is 442 g/mol. The molecule has 1 atom stereocenters. The Morgan fingerprint density at radius 1 is 1.03 bits per heavy atom. The number of ether oxygens (including phenoxy) is 2. The van der Waals surface area contributed by atoms with Gasteiger partial charge in [-0.15, -0.1) is 0 Å². The van der Waals surface area contributed by atoms with Gasteiger partial charge >= 0.3 is 6.03 Å². The molecule has 6 heteroatoms. The van der Waals surface area contributed by atoms with Crippen LogP contribution in [0.1, 0.15) is 37.9 Å². The number of amides is 2. The van der Waals surface area contributed by atoms with Gasteiger partial charge in [0.25, 0.3) is 0 Å². The van der Waals surface area contributed by atoms with Gasteiger partial charge in [-0.3, -0.25) is 0 Å². The molecule has 33 heavy (non-hydrogen) atoms. The summed E-state index contributed by atoms with van der Waals surface area (Å²) in [5.74, 6) is 1.13. The predicted octanol–water partition coefficient (Wildman–Crippen LogP) is 5.61. The largest absolute Gasteiger partial charge is 0.493 e. The summed E-state index contributed by atoms with van der Waals surface area (Å²) in [6.45, 7) is 6.28. The van der Waals surface area contributed by atoms with Crippen molar-refractivity contribution in [1.29, 1.82) is 5.26 Å². The molecular weight excluding hydrogens is 414 g/mol. The van der Waals surface area contributed by atoms with Gasteiger partial charge in [0.15, 0.2) is 11.5 Å². The topological polar surface area (TPSA) is 83.4 Å². The van der Waals surface area contributed by atoms with Gasteiger partial charge in [0.2, 0.25) is 0 Å². The van der Waals surface area contributed by atoms with Crippen LogP contribution in [0.5, 0.6) is 11.5 Å². The molecule has 0 unspecified atom stereocenters. The smallest absolute Gasteiger partial charge is 0.319 e. The molecule has 0 radical (unpaired) electrons. The first-order valence-electron chi connectivity index (χ1n) is 10.8. The molecule has 3 aromatic rings. The number of nitriles is 1. The second kappa shape index (κ2) is 8.87. The minimum atomic E-state index is -0.570. The molecule has 0 aromatic heterocycles. The van der Waals surface area contributed by atoms with Crippen molar-refractivity contribution in [2.45, 2.75) is 33.4 Å². The van der Waals surface area contributed by atoms with Crippen LogP contribution < -0.4 is 20.1 Å². The molecule has 168 valence electrons. The molecule has 2 N–H and O–H groups in total. The van der Waals surface area contributed by atoms with Crippen molar-refractivity contribution < 1.29 is 14.3 Å². The van der Waals surface area contributed by atoms with E-state index in [0.29, 0.717) is 29.4 Å². The normalized spacial score (nSPS) is 16.1. The van der Waals surface area contributed by atoms with Crippen LogP contribution in [-0.2, 0) is 6.61 Å². The third-order valence-electron chi connectivity index (χ3n) is 5.73. The molecule has 1 aliphatic heterocycles. The number of methoxy groups -OCH3 is 1. The van der Waals surface area contributed by atoms with Gasteiger partial charge in [-0.25, -0.2) is 4.79 Å². The van der Waals surface area contributed by atoms with Gasteiger partial charge in [0.05, 0.1) is 24.8 Å². The fourth-order valence-electron chi connectivity index (χ4n) is 4.08. The summed E-state index contributed by atoms with van der Waals surface area (Å²) in [6, 6.07) is 21.2. The number of nitrogens with one attached hydrogen (secondary N) is 2. The molecule has 0 fully saturated rings. The number of allylic oxidation sites excluding steroid dienone is 1. The van der Waals surface area contributed by atoms with Gasteiger partial charge in [-0.05, 0) is 34.0 Å². The Balaban J connectivity index is 1.64. The van der Waals surface area contributed by atoms with Gasteiger partial charge < -0.3 is 20.1 Å². The Hall–Kier alpha value is -3.98. The first-order valence-corrected chi connectivity index (χ1v) is 10.8. The van der Waals surface area contributed by atoms with Crippen LogP contribution in [0.4, 0.5) is 4.79 Å². The molecule has 0 spiro atoms. The fourth-order valence-corrected chi connectivity index (χ4v) is 4.08. The molecule has 1 heterocycles. The molecule has 1 aliphatic rings. The monoisotopic (exact) mass is 441 g/mol. The lowest BCUT2D eigenvalue weighted by molar-refractivity contribution is 0.235. The second-order valence-corrected chi connectivity index (χ2v) is 9.02. The Morgan fingerprint density at radius 2 is 1.79 bits per heavy atom. The summed E-state index contributed by atoms with van der Waals surface area (Å²) in [7, 11) is 1.58. The number of carbonyl (C=O) groups excluding carboxylic acids is 1. The number of carbonyl (C=O) groups is 1. The minimum absolute atomic E-state index is 0.334. The Labute approximate surface area is 193 Å². The summed E-state index contributed by atoms with van der Waals surface area (Å²) in [5.41, 5.74) is 2.54. The van der Waals surface area contributed by atoms with Crippen LogP contribution in [0.2, 0.25) is 0 Å². The molecule has 0 saturated carbocycles. The summed E-state index contributed by atoms with van der Waals surface area (Å²) in [6.07, 6.45) is 0. The van der Waals surface area contributed by atoms with Gasteiger partial charge in [0, 0.05) is 11.1 Å². The van der Waals surface area contributed by atoms with E-state index in [1.807, 2.05) is 63.2 Å². The van der Waals surface area contributed by atoms with E-state index in [2.05, 4.69) is 34.9 Å². The molecule has 0 aliphatic carbocycles. The maximum absolute atomic E-state index is 12.3. The van der Waals surface area contributed by atoms with Crippen LogP contribution in [0, 0.1) is 16.7 Å². The number of urea groups is 1. The van der Waals surface area contributed by atoms with Crippen molar-refractivity contribution in [2.24, 2.45) is 5.41 Å². The lowest BCUT2D eigenvalue weighted by atomic mass is 9.84. The van der Waals surface area contributed by atoms with Crippen LogP contribution in [-0.4, -0.2) is 13.1 Å². The zero-order valence-electron chi connectivity index (χ0n) is 19.2. The summed E-state index contributed by atoms with van der Waals surface area (Å²) in [4.78, 5) is 12.3. The van der Waals surface area contributed by atoms with Gasteiger partial charge in [-0.1, -0.05) is 69.3 Å². The van der Waals surface area contributed by atoms with Gasteiger partial charge in [0.1, 0.15) is 6.61 Å². The molecule has 6 nitrogen and oxygen atoms in total.